The molecule has 0 aromatic heterocycles. The molecule has 9 unspecified atom stereocenters. The number of carbonyl (C=O) groups is 2. The van der Waals surface area contributed by atoms with E-state index in [9.17, 15) is 9.59 Å². The fourth-order valence-electron chi connectivity index (χ4n) is 12.2. The zero-order valence-electron chi connectivity index (χ0n) is 29.5. The lowest BCUT2D eigenvalue weighted by Gasteiger charge is -2.62. The number of fused-ring (bicyclic) bond motifs is 6. The summed E-state index contributed by atoms with van der Waals surface area (Å²) in [5.74, 6) is 5.27. The highest BCUT2D eigenvalue weighted by atomic mass is 16.6. The molecule has 0 saturated heterocycles. The van der Waals surface area contributed by atoms with E-state index in [-0.39, 0.29) is 5.41 Å². The van der Waals surface area contributed by atoms with Crippen molar-refractivity contribution >= 4 is 11.9 Å². The van der Waals surface area contributed by atoms with Gasteiger partial charge in [-0.1, -0.05) is 91.1 Å². The van der Waals surface area contributed by atoms with Gasteiger partial charge in [0.25, 0.3) is 0 Å². The Labute approximate surface area is 278 Å². The molecule has 7 rings (SSSR count). The fraction of sp³-hybridized carbons (Fsp3) is 0.674. The van der Waals surface area contributed by atoms with E-state index in [2.05, 4.69) is 65.8 Å². The molecule has 248 valence electrons. The Hall–Kier alpha value is -2.42. The van der Waals surface area contributed by atoms with Crippen LogP contribution in [0.25, 0.3) is 0 Å². The summed E-state index contributed by atoms with van der Waals surface area (Å²) >= 11 is 0. The summed E-state index contributed by atoms with van der Waals surface area (Å²) in [6.45, 7) is 15.4. The molecule has 1 heterocycles. The van der Waals surface area contributed by atoms with Crippen LogP contribution in [0.1, 0.15) is 156 Å². The van der Waals surface area contributed by atoms with Crippen LogP contribution in [0.4, 0.5) is 0 Å². The summed E-state index contributed by atoms with van der Waals surface area (Å²) in [7, 11) is 0. The van der Waals surface area contributed by atoms with Crippen LogP contribution in [0.5, 0.6) is 0 Å². The van der Waals surface area contributed by atoms with Crippen molar-refractivity contribution < 1.29 is 14.3 Å². The fourth-order valence-corrected chi connectivity index (χ4v) is 12.2. The molecular formula is C43H58O3. The van der Waals surface area contributed by atoms with Crippen molar-refractivity contribution in [2.24, 2.45) is 52.3 Å². The first kappa shape index (κ1) is 32.1. The molecule has 2 aromatic rings. The molecule has 4 aliphatic carbocycles. The maximum atomic E-state index is 12.0. The van der Waals surface area contributed by atoms with Crippen LogP contribution < -0.4 is 0 Å². The molecule has 1 aliphatic heterocycles. The molecule has 46 heavy (non-hydrogen) atoms. The van der Waals surface area contributed by atoms with Gasteiger partial charge in [0.15, 0.2) is 0 Å². The lowest BCUT2D eigenvalue weighted by Crippen LogP contribution is -2.55. The Kier molecular flexibility index (Phi) is 8.33. The van der Waals surface area contributed by atoms with E-state index in [1.165, 1.54) is 88.2 Å². The quantitative estimate of drug-likeness (QED) is 0.217. The SMILES string of the molecule is CC(C)CCCC(C)C1CCC2C3CCC4CC(C)(c5ccc(Cc6ccc7c(c6)C(=O)OC7=O)cc5)CCC4(C)C3CCC12C. The number of rotatable bonds is 8. The van der Waals surface area contributed by atoms with Crippen LogP contribution in [0.15, 0.2) is 42.5 Å². The van der Waals surface area contributed by atoms with Gasteiger partial charge in [-0.25, -0.2) is 9.59 Å². The number of hydrogen-bond donors (Lipinski definition) is 0. The highest BCUT2D eigenvalue weighted by molar-refractivity contribution is 6.14. The maximum absolute atomic E-state index is 12.0. The number of benzene rings is 2. The van der Waals surface area contributed by atoms with Crippen molar-refractivity contribution in [3.05, 3.63) is 70.3 Å². The average molecular weight is 623 g/mol. The third-order valence-electron chi connectivity index (χ3n) is 14.9. The summed E-state index contributed by atoms with van der Waals surface area (Å²) in [5, 5.41) is 0. The van der Waals surface area contributed by atoms with Gasteiger partial charge in [-0.15, -0.1) is 0 Å². The van der Waals surface area contributed by atoms with Gasteiger partial charge in [0.1, 0.15) is 0 Å². The molecular weight excluding hydrogens is 564 g/mol. The van der Waals surface area contributed by atoms with Crippen molar-refractivity contribution in [3.8, 4) is 0 Å². The van der Waals surface area contributed by atoms with Crippen molar-refractivity contribution in [3.63, 3.8) is 0 Å². The van der Waals surface area contributed by atoms with Gasteiger partial charge in [0.05, 0.1) is 11.1 Å². The third-order valence-corrected chi connectivity index (χ3v) is 14.9. The molecule has 9 atom stereocenters. The second-order valence-electron chi connectivity index (χ2n) is 17.9. The second kappa shape index (κ2) is 11.9. The van der Waals surface area contributed by atoms with Crippen LogP contribution in [0.2, 0.25) is 0 Å². The standard InChI is InChI=1S/C43H58O3/c1-27(2)8-7-9-28(3)36-18-19-37-34-17-15-32-26-41(4,22-23-42(32,5)38(34)20-21-43(36,37)6)31-13-10-29(11-14-31)24-30-12-16-33-35(25-30)40(45)46-39(33)44/h10-14,16,25,27-28,32,34,36-38H,7-9,15,17-24,26H2,1-6H3. The molecule has 3 nitrogen and oxygen atoms in total. The zero-order chi connectivity index (χ0) is 32.4. The molecule has 3 heteroatoms. The predicted molar refractivity (Wildman–Crippen MR) is 186 cm³/mol. The van der Waals surface area contributed by atoms with E-state index in [0.717, 1.165) is 53.4 Å². The van der Waals surface area contributed by atoms with Gasteiger partial charge in [0, 0.05) is 0 Å². The minimum absolute atomic E-state index is 0.236. The maximum Gasteiger partial charge on any atom is 0.346 e. The van der Waals surface area contributed by atoms with Crippen LogP contribution >= 0.6 is 0 Å². The smallest absolute Gasteiger partial charge is 0.346 e. The first-order chi connectivity index (χ1) is 21.9. The molecule has 0 amide bonds. The number of cyclic esters (lactones) is 2. The molecule has 4 saturated carbocycles. The first-order valence-electron chi connectivity index (χ1n) is 18.9. The van der Waals surface area contributed by atoms with Crippen LogP contribution in [-0.2, 0) is 16.6 Å². The van der Waals surface area contributed by atoms with Crippen LogP contribution in [-0.4, -0.2) is 11.9 Å². The van der Waals surface area contributed by atoms with Crippen molar-refractivity contribution in [1.29, 1.82) is 0 Å². The molecule has 0 spiro atoms. The number of carbonyl (C=O) groups excluding carboxylic acids is 2. The van der Waals surface area contributed by atoms with Crippen LogP contribution in [0.3, 0.4) is 0 Å². The van der Waals surface area contributed by atoms with Gasteiger partial charge in [-0.2, -0.15) is 0 Å². The molecule has 2 aromatic carbocycles. The predicted octanol–water partition coefficient (Wildman–Crippen LogP) is 11.0. The van der Waals surface area contributed by atoms with E-state index in [0.29, 0.717) is 22.0 Å². The Bertz CT molecular complexity index is 1470. The number of ether oxygens (including phenoxy) is 1. The molecule has 4 fully saturated rings. The average Bonchev–Trinajstić information content (AvgIpc) is 3.52. The van der Waals surface area contributed by atoms with Gasteiger partial charge in [-0.05, 0) is 151 Å². The van der Waals surface area contributed by atoms with Crippen LogP contribution in [0, 0.1) is 52.3 Å². The van der Waals surface area contributed by atoms with Gasteiger partial charge in [0.2, 0.25) is 0 Å². The highest BCUT2D eigenvalue weighted by Crippen LogP contribution is 2.69. The summed E-state index contributed by atoms with van der Waals surface area (Å²) in [5.41, 5.74) is 5.85. The molecule has 0 bridgehead atoms. The summed E-state index contributed by atoms with van der Waals surface area (Å²) in [6, 6.07) is 14.8. The first-order valence-corrected chi connectivity index (χ1v) is 18.9. The van der Waals surface area contributed by atoms with Gasteiger partial charge < -0.3 is 4.74 Å². The largest absolute Gasteiger partial charge is 0.386 e. The number of esters is 2. The lowest BCUT2D eigenvalue weighted by molar-refractivity contribution is -0.123. The van der Waals surface area contributed by atoms with Crippen molar-refractivity contribution in [1.82, 2.24) is 0 Å². The summed E-state index contributed by atoms with van der Waals surface area (Å²) in [6.07, 6.45) is 17.8. The van der Waals surface area contributed by atoms with E-state index >= 15 is 0 Å². The molecule has 5 aliphatic rings. The van der Waals surface area contributed by atoms with E-state index in [1.807, 2.05) is 12.1 Å². The van der Waals surface area contributed by atoms with Crippen molar-refractivity contribution in [2.45, 2.75) is 130 Å². The number of hydrogen-bond acceptors (Lipinski definition) is 3. The monoisotopic (exact) mass is 622 g/mol. The van der Waals surface area contributed by atoms with E-state index < -0.39 is 11.9 Å². The van der Waals surface area contributed by atoms with Crippen molar-refractivity contribution in [2.75, 3.05) is 0 Å². The van der Waals surface area contributed by atoms with E-state index in [4.69, 9.17) is 4.74 Å². The Balaban J connectivity index is 1.01. The minimum atomic E-state index is -0.534. The second-order valence-corrected chi connectivity index (χ2v) is 17.9. The molecule has 0 N–H and O–H groups in total. The molecule has 0 radical (unpaired) electrons. The highest BCUT2D eigenvalue weighted by Gasteiger charge is 2.61. The normalized spacial score (nSPS) is 37.3. The Morgan fingerprint density at radius 2 is 1.46 bits per heavy atom. The van der Waals surface area contributed by atoms with Gasteiger partial charge in [-0.3, -0.25) is 0 Å². The summed E-state index contributed by atoms with van der Waals surface area (Å²) in [4.78, 5) is 23.9. The van der Waals surface area contributed by atoms with Gasteiger partial charge >= 0.3 is 11.9 Å². The Morgan fingerprint density at radius 1 is 0.739 bits per heavy atom. The third kappa shape index (κ3) is 5.40. The lowest BCUT2D eigenvalue weighted by atomic mass is 9.42. The zero-order valence-corrected chi connectivity index (χ0v) is 29.5. The van der Waals surface area contributed by atoms with E-state index in [1.54, 1.807) is 6.07 Å². The minimum Gasteiger partial charge on any atom is -0.386 e. The topological polar surface area (TPSA) is 43.4 Å². The summed E-state index contributed by atoms with van der Waals surface area (Å²) < 4.78 is 4.78. The Morgan fingerprint density at radius 3 is 2.22 bits per heavy atom.